The molecule has 0 fully saturated rings. The van der Waals surface area contributed by atoms with Crippen molar-refractivity contribution in [3.63, 3.8) is 0 Å². The molecule has 2 N–H and O–H groups in total. The molecule has 19 heavy (non-hydrogen) atoms. The molecule has 0 radical (unpaired) electrons. The van der Waals surface area contributed by atoms with Crippen LogP contribution in [0.5, 0.6) is 0 Å². The van der Waals surface area contributed by atoms with E-state index in [4.69, 9.17) is 5.11 Å². The van der Waals surface area contributed by atoms with E-state index in [2.05, 4.69) is 10.3 Å². The quantitative estimate of drug-likeness (QED) is 0.825. The SMILES string of the molecule is Cc1nc(CNC(=O)N2CC=CCC2)sc1C(=O)O. The van der Waals surface area contributed by atoms with Crippen molar-refractivity contribution in [3.8, 4) is 0 Å². The number of aromatic carboxylic acids is 1. The van der Waals surface area contributed by atoms with Crippen molar-refractivity contribution in [1.82, 2.24) is 15.2 Å². The van der Waals surface area contributed by atoms with E-state index in [1.165, 1.54) is 0 Å². The summed E-state index contributed by atoms with van der Waals surface area (Å²) in [5.74, 6) is -0.978. The van der Waals surface area contributed by atoms with Crippen LogP contribution >= 0.6 is 11.3 Å². The van der Waals surface area contributed by atoms with Crippen LogP contribution in [-0.2, 0) is 6.54 Å². The molecule has 0 aromatic carbocycles. The number of thiazole rings is 1. The number of carbonyl (C=O) groups is 2. The molecule has 1 aliphatic heterocycles. The number of amides is 2. The summed E-state index contributed by atoms with van der Waals surface area (Å²) in [5.41, 5.74) is 0.489. The summed E-state index contributed by atoms with van der Waals surface area (Å²) in [6.07, 6.45) is 4.87. The van der Waals surface area contributed by atoms with Crippen molar-refractivity contribution in [2.45, 2.75) is 19.9 Å². The average Bonchev–Trinajstić information content (AvgIpc) is 2.78. The standard InChI is InChI=1S/C12H15N3O3S/c1-8-10(11(16)17)19-9(14-8)7-13-12(18)15-5-3-2-4-6-15/h2-3H,4-7H2,1H3,(H,13,18)(H,16,17). The Kier molecular flexibility index (Phi) is 4.16. The minimum absolute atomic E-state index is 0.144. The highest BCUT2D eigenvalue weighted by Gasteiger charge is 2.16. The van der Waals surface area contributed by atoms with Crippen molar-refractivity contribution < 1.29 is 14.7 Å². The number of nitrogens with zero attached hydrogens (tertiary/aromatic N) is 2. The number of carboxylic acids is 1. The summed E-state index contributed by atoms with van der Waals surface area (Å²) in [4.78, 5) is 28.8. The third kappa shape index (κ3) is 3.31. The number of rotatable bonds is 3. The maximum atomic E-state index is 11.8. The molecule has 2 amide bonds. The third-order valence-corrected chi connectivity index (χ3v) is 3.92. The Morgan fingerprint density at radius 1 is 1.53 bits per heavy atom. The van der Waals surface area contributed by atoms with Gasteiger partial charge in [-0.25, -0.2) is 14.6 Å². The minimum Gasteiger partial charge on any atom is -0.477 e. The molecule has 1 aromatic heterocycles. The summed E-state index contributed by atoms with van der Waals surface area (Å²) in [7, 11) is 0. The van der Waals surface area contributed by atoms with E-state index in [0.717, 1.165) is 17.8 Å². The zero-order valence-corrected chi connectivity index (χ0v) is 11.4. The number of carboxylic acid groups (broad SMARTS) is 1. The predicted molar refractivity (Wildman–Crippen MR) is 71.4 cm³/mol. The first kappa shape index (κ1) is 13.5. The van der Waals surface area contributed by atoms with Crippen LogP contribution in [0.2, 0.25) is 0 Å². The molecule has 2 rings (SSSR count). The summed E-state index contributed by atoms with van der Waals surface area (Å²) in [6.45, 7) is 3.24. The topological polar surface area (TPSA) is 82.5 Å². The van der Waals surface area contributed by atoms with Gasteiger partial charge in [0.05, 0.1) is 12.2 Å². The summed E-state index contributed by atoms with van der Waals surface area (Å²) < 4.78 is 0. The molecule has 0 saturated carbocycles. The molecule has 7 heteroatoms. The van der Waals surface area contributed by atoms with Crippen LogP contribution in [0.4, 0.5) is 4.79 Å². The number of urea groups is 1. The Morgan fingerprint density at radius 2 is 2.32 bits per heavy atom. The Hall–Kier alpha value is -1.89. The van der Waals surface area contributed by atoms with Crippen LogP contribution in [-0.4, -0.2) is 40.1 Å². The molecule has 1 aromatic rings. The van der Waals surface area contributed by atoms with Gasteiger partial charge in [-0.2, -0.15) is 0 Å². The monoisotopic (exact) mass is 281 g/mol. The Labute approximate surface area is 114 Å². The number of hydrogen-bond donors (Lipinski definition) is 2. The third-order valence-electron chi connectivity index (χ3n) is 2.77. The molecular formula is C12H15N3O3S. The van der Waals surface area contributed by atoms with Gasteiger partial charge in [-0.05, 0) is 13.3 Å². The normalized spacial score (nSPS) is 14.5. The average molecular weight is 281 g/mol. The van der Waals surface area contributed by atoms with Gasteiger partial charge in [0.1, 0.15) is 9.88 Å². The van der Waals surface area contributed by atoms with Crippen molar-refractivity contribution in [1.29, 1.82) is 0 Å². The fourth-order valence-electron chi connectivity index (χ4n) is 1.82. The minimum atomic E-state index is -0.978. The van der Waals surface area contributed by atoms with Crippen molar-refractivity contribution in [2.75, 3.05) is 13.1 Å². The Morgan fingerprint density at radius 3 is 2.89 bits per heavy atom. The highest BCUT2D eigenvalue weighted by Crippen LogP contribution is 2.17. The highest BCUT2D eigenvalue weighted by molar-refractivity contribution is 7.13. The molecule has 0 bridgehead atoms. The molecule has 6 nitrogen and oxygen atoms in total. The number of aromatic nitrogens is 1. The highest BCUT2D eigenvalue weighted by atomic mass is 32.1. The molecule has 1 aliphatic rings. The maximum absolute atomic E-state index is 11.8. The van der Waals surface area contributed by atoms with Gasteiger partial charge in [-0.3, -0.25) is 0 Å². The van der Waals surface area contributed by atoms with Gasteiger partial charge >= 0.3 is 12.0 Å². The van der Waals surface area contributed by atoms with E-state index in [1.807, 2.05) is 12.2 Å². The lowest BCUT2D eigenvalue weighted by Crippen LogP contribution is -2.41. The van der Waals surface area contributed by atoms with Gasteiger partial charge in [0.2, 0.25) is 0 Å². The molecule has 2 heterocycles. The van der Waals surface area contributed by atoms with Crippen LogP contribution in [0, 0.1) is 6.92 Å². The lowest BCUT2D eigenvalue weighted by molar-refractivity contribution is 0.0701. The lowest BCUT2D eigenvalue weighted by Gasteiger charge is -2.23. The molecule has 102 valence electrons. The van der Waals surface area contributed by atoms with Crippen LogP contribution in [0.15, 0.2) is 12.2 Å². The summed E-state index contributed by atoms with van der Waals surface area (Å²) in [5, 5.41) is 12.3. The van der Waals surface area contributed by atoms with Crippen molar-refractivity contribution in [2.24, 2.45) is 0 Å². The second kappa shape index (κ2) is 5.83. The smallest absolute Gasteiger partial charge is 0.347 e. The molecular weight excluding hydrogens is 266 g/mol. The van der Waals surface area contributed by atoms with Gasteiger partial charge in [-0.1, -0.05) is 12.2 Å². The first-order chi connectivity index (χ1) is 9.08. The van der Waals surface area contributed by atoms with Crippen LogP contribution in [0.1, 0.15) is 26.8 Å². The zero-order valence-electron chi connectivity index (χ0n) is 10.5. The molecule has 0 unspecified atom stereocenters. The van der Waals surface area contributed by atoms with Crippen molar-refractivity contribution in [3.05, 3.63) is 27.7 Å². The predicted octanol–water partition coefficient (Wildman–Crippen LogP) is 1.62. The van der Waals surface area contributed by atoms with E-state index < -0.39 is 5.97 Å². The lowest BCUT2D eigenvalue weighted by atomic mass is 10.3. The second-order valence-electron chi connectivity index (χ2n) is 4.19. The van der Waals surface area contributed by atoms with E-state index in [9.17, 15) is 9.59 Å². The number of carbonyl (C=O) groups excluding carboxylic acids is 1. The zero-order chi connectivity index (χ0) is 13.8. The van der Waals surface area contributed by atoms with E-state index in [0.29, 0.717) is 23.8 Å². The van der Waals surface area contributed by atoms with Gasteiger partial charge < -0.3 is 15.3 Å². The van der Waals surface area contributed by atoms with Crippen molar-refractivity contribution >= 4 is 23.3 Å². The summed E-state index contributed by atoms with van der Waals surface area (Å²) in [6, 6.07) is -0.144. The number of hydrogen-bond acceptors (Lipinski definition) is 4. The first-order valence-electron chi connectivity index (χ1n) is 5.95. The molecule has 0 spiro atoms. The van der Waals surface area contributed by atoms with Gasteiger partial charge in [0, 0.05) is 13.1 Å². The Bertz CT molecular complexity index is 524. The van der Waals surface area contributed by atoms with Crippen LogP contribution in [0.3, 0.4) is 0 Å². The van der Waals surface area contributed by atoms with E-state index >= 15 is 0 Å². The van der Waals surface area contributed by atoms with E-state index in [1.54, 1.807) is 11.8 Å². The molecule has 0 aliphatic carbocycles. The van der Waals surface area contributed by atoms with Crippen LogP contribution in [0.25, 0.3) is 0 Å². The van der Waals surface area contributed by atoms with E-state index in [-0.39, 0.29) is 17.5 Å². The van der Waals surface area contributed by atoms with Gasteiger partial charge in [0.15, 0.2) is 0 Å². The summed E-state index contributed by atoms with van der Waals surface area (Å²) >= 11 is 1.10. The Balaban J connectivity index is 1.91. The number of aryl methyl sites for hydroxylation is 1. The van der Waals surface area contributed by atoms with Crippen LogP contribution < -0.4 is 5.32 Å². The molecule has 0 saturated heterocycles. The largest absolute Gasteiger partial charge is 0.477 e. The van der Waals surface area contributed by atoms with Gasteiger partial charge in [0.25, 0.3) is 0 Å². The maximum Gasteiger partial charge on any atom is 0.347 e. The fraction of sp³-hybridized carbons (Fsp3) is 0.417. The van der Waals surface area contributed by atoms with Gasteiger partial charge in [-0.15, -0.1) is 11.3 Å². The number of nitrogens with one attached hydrogen (secondary N) is 1. The fourth-order valence-corrected chi connectivity index (χ4v) is 2.66. The first-order valence-corrected chi connectivity index (χ1v) is 6.77. The molecule has 0 atom stereocenters. The second-order valence-corrected chi connectivity index (χ2v) is 5.28.